The van der Waals surface area contributed by atoms with Crippen molar-refractivity contribution in [1.82, 2.24) is 21.3 Å². The highest BCUT2D eigenvalue weighted by Crippen LogP contribution is 2.28. The molecule has 12 heteroatoms. The summed E-state index contributed by atoms with van der Waals surface area (Å²) in [5.41, 5.74) is -2.03. The lowest BCUT2D eigenvalue weighted by Gasteiger charge is -2.33. The number of hydrogen-bond acceptors (Lipinski definition) is 5. The topological polar surface area (TPSA) is 140 Å². The van der Waals surface area contributed by atoms with Gasteiger partial charge in [0.1, 0.15) is 18.1 Å². The van der Waals surface area contributed by atoms with Crippen molar-refractivity contribution in [2.45, 2.75) is 104 Å². The predicted octanol–water partition coefficient (Wildman–Crippen LogP) is 2.31. The molecule has 204 valence electrons. The first-order chi connectivity index (χ1) is 16.1. The quantitative estimate of drug-likeness (QED) is 0.391. The Bertz CT molecular complexity index is 897. The number of halogens is 3. The Labute approximate surface area is 210 Å². The van der Waals surface area contributed by atoms with Crippen molar-refractivity contribution in [3.63, 3.8) is 0 Å². The van der Waals surface area contributed by atoms with Gasteiger partial charge in [-0.2, -0.15) is 18.4 Å². The normalized spacial score (nSPS) is 20.4. The van der Waals surface area contributed by atoms with E-state index in [2.05, 4.69) is 16.0 Å². The lowest BCUT2D eigenvalue weighted by molar-refractivity contribution is -0.175. The van der Waals surface area contributed by atoms with Crippen molar-refractivity contribution < 1.29 is 32.3 Å². The van der Waals surface area contributed by atoms with Crippen LogP contribution in [0, 0.1) is 28.1 Å². The highest BCUT2D eigenvalue weighted by atomic mass is 19.4. The lowest BCUT2D eigenvalue weighted by atomic mass is 9.84. The third kappa shape index (κ3) is 9.66. The van der Waals surface area contributed by atoms with Crippen LogP contribution in [-0.4, -0.2) is 53.5 Å². The van der Waals surface area contributed by atoms with E-state index >= 15 is 0 Å². The first kappa shape index (κ1) is 31.2. The minimum atomic E-state index is -5.19. The summed E-state index contributed by atoms with van der Waals surface area (Å²) in [7, 11) is 0. The predicted molar refractivity (Wildman–Crippen MR) is 126 cm³/mol. The molecule has 4 N–H and O–H groups in total. The van der Waals surface area contributed by atoms with Crippen molar-refractivity contribution in [1.29, 1.82) is 5.26 Å². The summed E-state index contributed by atoms with van der Waals surface area (Å²) >= 11 is 0. The number of amides is 4. The zero-order chi connectivity index (χ0) is 28.3. The second kappa shape index (κ2) is 11.0. The van der Waals surface area contributed by atoms with Crippen molar-refractivity contribution in [2.24, 2.45) is 16.7 Å². The molecule has 0 saturated carbocycles. The molecular formula is C24H38F3N5O4. The molecule has 9 nitrogen and oxygen atoms in total. The number of nitrogens with zero attached hydrogens (tertiary/aromatic N) is 1. The summed E-state index contributed by atoms with van der Waals surface area (Å²) < 4.78 is 38.5. The fourth-order valence-electron chi connectivity index (χ4n) is 4.05. The molecule has 0 aromatic heterocycles. The lowest BCUT2D eigenvalue weighted by Crippen LogP contribution is -2.60. The van der Waals surface area contributed by atoms with Crippen LogP contribution in [0.4, 0.5) is 13.2 Å². The molecule has 0 bridgehead atoms. The summed E-state index contributed by atoms with van der Waals surface area (Å²) in [4.78, 5) is 49.9. The van der Waals surface area contributed by atoms with Gasteiger partial charge in [-0.25, -0.2) is 0 Å². The van der Waals surface area contributed by atoms with Gasteiger partial charge in [-0.15, -0.1) is 0 Å². The van der Waals surface area contributed by atoms with Crippen LogP contribution in [0.15, 0.2) is 0 Å². The largest absolute Gasteiger partial charge is 0.471 e. The van der Waals surface area contributed by atoms with Crippen LogP contribution in [0.2, 0.25) is 0 Å². The van der Waals surface area contributed by atoms with Gasteiger partial charge >= 0.3 is 12.1 Å². The van der Waals surface area contributed by atoms with Crippen LogP contribution in [0.5, 0.6) is 0 Å². The van der Waals surface area contributed by atoms with Gasteiger partial charge in [0.15, 0.2) is 0 Å². The van der Waals surface area contributed by atoms with Crippen LogP contribution >= 0.6 is 0 Å². The number of nitriles is 1. The van der Waals surface area contributed by atoms with E-state index in [1.54, 1.807) is 26.1 Å². The molecule has 36 heavy (non-hydrogen) atoms. The number of nitrogens with one attached hydrogen (secondary N) is 4. The van der Waals surface area contributed by atoms with E-state index in [-0.39, 0.29) is 18.7 Å². The first-order valence-electron chi connectivity index (χ1n) is 11.8. The minimum Gasteiger partial charge on any atom is -0.351 e. The maximum Gasteiger partial charge on any atom is 0.471 e. The monoisotopic (exact) mass is 517 g/mol. The van der Waals surface area contributed by atoms with Crippen LogP contribution in [-0.2, 0) is 19.2 Å². The summed E-state index contributed by atoms with van der Waals surface area (Å²) in [5, 5.41) is 19.1. The number of carbonyl (C=O) groups is 4. The fraction of sp³-hybridized carbons (Fsp3) is 0.792. The molecule has 0 aliphatic carbocycles. The van der Waals surface area contributed by atoms with E-state index in [9.17, 15) is 37.6 Å². The van der Waals surface area contributed by atoms with E-state index in [0.717, 1.165) is 0 Å². The van der Waals surface area contributed by atoms with E-state index in [1.807, 2.05) is 19.9 Å². The Kier molecular flexibility index (Phi) is 9.57. The SMILES string of the molecule is CC(C)(C)CC(NC(=O)C(NC(=O)C(F)(F)F)C(C)(C)C)C(=O)N[C@H](C#N)CC1CC(C)(C)NC1=O. The zero-order valence-corrected chi connectivity index (χ0v) is 22.1. The van der Waals surface area contributed by atoms with Crippen LogP contribution < -0.4 is 21.3 Å². The summed E-state index contributed by atoms with van der Waals surface area (Å²) in [5.74, 6) is -4.64. The van der Waals surface area contributed by atoms with Crippen molar-refractivity contribution in [2.75, 3.05) is 0 Å². The summed E-state index contributed by atoms with van der Waals surface area (Å²) in [6, 6.07) is -1.85. The van der Waals surface area contributed by atoms with Crippen molar-refractivity contribution >= 4 is 23.6 Å². The molecule has 3 unspecified atom stereocenters. The average molecular weight is 518 g/mol. The molecule has 1 fully saturated rings. The smallest absolute Gasteiger partial charge is 0.351 e. The van der Waals surface area contributed by atoms with Crippen LogP contribution in [0.3, 0.4) is 0 Å². The van der Waals surface area contributed by atoms with Gasteiger partial charge in [-0.05, 0) is 43.9 Å². The molecule has 0 spiro atoms. The van der Waals surface area contributed by atoms with E-state index in [4.69, 9.17) is 0 Å². The summed E-state index contributed by atoms with van der Waals surface area (Å²) in [6.07, 6.45) is -4.54. The third-order valence-corrected chi connectivity index (χ3v) is 5.69. The molecule has 0 radical (unpaired) electrons. The van der Waals surface area contributed by atoms with Gasteiger partial charge in [0.05, 0.1) is 6.07 Å². The Morgan fingerprint density at radius 3 is 2.00 bits per heavy atom. The molecule has 1 saturated heterocycles. The van der Waals surface area contributed by atoms with Crippen molar-refractivity contribution in [3.8, 4) is 6.07 Å². The Hall–Kier alpha value is -2.84. The van der Waals surface area contributed by atoms with Gasteiger partial charge in [-0.3, -0.25) is 19.2 Å². The molecule has 0 aromatic rings. The molecular weight excluding hydrogens is 479 g/mol. The van der Waals surface area contributed by atoms with Crippen LogP contribution in [0.1, 0.15) is 74.7 Å². The first-order valence-corrected chi connectivity index (χ1v) is 11.8. The average Bonchev–Trinajstić information content (AvgIpc) is 2.92. The van der Waals surface area contributed by atoms with Gasteiger partial charge in [-0.1, -0.05) is 41.5 Å². The minimum absolute atomic E-state index is 0.0694. The molecule has 1 aliphatic heterocycles. The number of hydrogen-bond donors (Lipinski definition) is 4. The van der Waals surface area contributed by atoms with Crippen molar-refractivity contribution in [3.05, 3.63) is 0 Å². The van der Waals surface area contributed by atoms with E-state index in [1.165, 1.54) is 20.8 Å². The van der Waals surface area contributed by atoms with E-state index in [0.29, 0.717) is 6.42 Å². The maximum absolute atomic E-state index is 13.1. The number of rotatable bonds is 8. The Morgan fingerprint density at radius 1 is 1.06 bits per heavy atom. The molecule has 1 rings (SSSR count). The third-order valence-electron chi connectivity index (χ3n) is 5.69. The van der Waals surface area contributed by atoms with Crippen LogP contribution in [0.25, 0.3) is 0 Å². The van der Waals surface area contributed by atoms with E-state index < -0.39 is 64.3 Å². The summed E-state index contributed by atoms with van der Waals surface area (Å²) in [6.45, 7) is 13.5. The second-order valence-electron chi connectivity index (χ2n) is 12.3. The van der Waals surface area contributed by atoms with Gasteiger partial charge in [0, 0.05) is 11.5 Å². The van der Waals surface area contributed by atoms with Gasteiger partial charge < -0.3 is 21.3 Å². The number of alkyl halides is 3. The molecule has 1 heterocycles. The maximum atomic E-state index is 13.1. The molecule has 4 atom stereocenters. The van der Waals surface area contributed by atoms with Gasteiger partial charge in [0.25, 0.3) is 0 Å². The molecule has 4 amide bonds. The Morgan fingerprint density at radius 2 is 1.61 bits per heavy atom. The zero-order valence-electron chi connectivity index (χ0n) is 22.1. The highest BCUT2D eigenvalue weighted by molar-refractivity contribution is 5.93. The fourth-order valence-corrected chi connectivity index (χ4v) is 4.05. The second-order valence-corrected chi connectivity index (χ2v) is 12.3. The highest BCUT2D eigenvalue weighted by Gasteiger charge is 2.44. The molecule has 1 aliphatic rings. The number of carbonyl (C=O) groups excluding carboxylic acids is 4. The van der Waals surface area contributed by atoms with Gasteiger partial charge in [0.2, 0.25) is 17.7 Å². The molecule has 0 aromatic carbocycles. The Balaban J connectivity index is 3.07. The standard InChI is InChI=1S/C24H38F3N5O4/c1-21(2,3)11-15(30-19(35)16(22(4,5)6)31-20(36)24(25,26)27)18(34)29-14(12-28)9-13-10-23(7,8)32-17(13)33/h13-16H,9-11H2,1-8H3,(H,29,34)(H,30,35)(H,31,36)(H,32,33)/t13?,14-,15?,16?/m0/s1.